The van der Waals surface area contributed by atoms with Crippen LogP contribution in [0.25, 0.3) is 6.08 Å². The van der Waals surface area contributed by atoms with E-state index in [1.165, 1.54) is 25.3 Å². The average molecular weight is 338 g/mol. The highest BCUT2D eigenvalue weighted by Gasteiger charge is 2.34. The Labute approximate surface area is 136 Å². The Morgan fingerprint density at radius 2 is 2.13 bits per heavy atom. The zero-order valence-corrected chi connectivity index (χ0v) is 13.2. The van der Waals surface area contributed by atoms with Gasteiger partial charge in [-0.2, -0.15) is 0 Å². The van der Waals surface area contributed by atoms with Gasteiger partial charge in [0.2, 0.25) is 5.91 Å². The minimum atomic E-state index is -0.496. The predicted molar refractivity (Wildman–Crippen MR) is 84.0 cm³/mol. The second-order valence-electron chi connectivity index (χ2n) is 4.64. The first-order valence-electron chi connectivity index (χ1n) is 6.78. The molecule has 0 saturated carbocycles. The number of imide groups is 1. The third-order valence-corrected chi connectivity index (χ3v) is 3.91. The SMILES string of the molecule is COCC(=O)NCCN1C(=O)S/C(=C/c2ccccc2F)C1=O. The van der Waals surface area contributed by atoms with Crippen LogP contribution in [0.3, 0.4) is 0 Å². The predicted octanol–water partition coefficient (Wildman–Crippen LogP) is 1.62. The van der Waals surface area contributed by atoms with E-state index in [1.54, 1.807) is 12.1 Å². The summed E-state index contributed by atoms with van der Waals surface area (Å²) in [6.45, 7) is 0.0943. The number of carbonyl (C=O) groups is 3. The van der Waals surface area contributed by atoms with Crippen LogP contribution in [0.1, 0.15) is 5.56 Å². The molecule has 6 nitrogen and oxygen atoms in total. The molecule has 8 heteroatoms. The van der Waals surface area contributed by atoms with Gasteiger partial charge in [0.15, 0.2) is 0 Å². The molecule has 1 heterocycles. The maximum absolute atomic E-state index is 13.6. The normalized spacial score (nSPS) is 16.3. The average Bonchev–Trinajstić information content (AvgIpc) is 2.77. The topological polar surface area (TPSA) is 75.7 Å². The standard InChI is InChI=1S/C15H15FN2O4S/c1-22-9-13(19)17-6-7-18-14(20)12(23-15(18)21)8-10-4-2-3-5-11(10)16/h2-5,8H,6-7,9H2,1H3,(H,17,19)/b12-8+. The molecule has 23 heavy (non-hydrogen) atoms. The summed E-state index contributed by atoms with van der Waals surface area (Å²) in [4.78, 5) is 36.5. The molecule has 0 atom stereocenters. The Morgan fingerprint density at radius 3 is 2.83 bits per heavy atom. The molecule has 0 bridgehead atoms. The molecule has 2 rings (SSSR count). The van der Waals surface area contributed by atoms with Gasteiger partial charge < -0.3 is 10.1 Å². The second-order valence-corrected chi connectivity index (χ2v) is 5.63. The zero-order chi connectivity index (χ0) is 16.8. The first-order valence-corrected chi connectivity index (χ1v) is 7.60. The van der Waals surface area contributed by atoms with Crippen molar-refractivity contribution in [1.82, 2.24) is 10.2 Å². The number of thioether (sulfide) groups is 1. The number of amides is 3. The smallest absolute Gasteiger partial charge is 0.293 e. The largest absolute Gasteiger partial charge is 0.375 e. The Kier molecular flexibility index (Phi) is 5.89. The number of halogens is 1. The number of hydrogen-bond donors (Lipinski definition) is 1. The van der Waals surface area contributed by atoms with E-state index in [0.29, 0.717) is 0 Å². The summed E-state index contributed by atoms with van der Waals surface area (Å²) in [6, 6.07) is 5.99. The van der Waals surface area contributed by atoms with Crippen LogP contribution in [0.2, 0.25) is 0 Å². The fourth-order valence-electron chi connectivity index (χ4n) is 1.92. The summed E-state index contributed by atoms with van der Waals surface area (Å²) in [7, 11) is 1.39. The summed E-state index contributed by atoms with van der Waals surface area (Å²) in [5, 5.41) is 2.08. The molecule has 1 aromatic carbocycles. The van der Waals surface area contributed by atoms with Crippen LogP contribution in [-0.2, 0) is 14.3 Å². The van der Waals surface area contributed by atoms with Crippen LogP contribution >= 0.6 is 11.8 Å². The van der Waals surface area contributed by atoms with Crippen molar-refractivity contribution in [3.63, 3.8) is 0 Å². The van der Waals surface area contributed by atoms with Crippen LogP contribution in [0.4, 0.5) is 9.18 Å². The van der Waals surface area contributed by atoms with E-state index < -0.39 is 17.0 Å². The molecule has 0 spiro atoms. The van der Waals surface area contributed by atoms with Crippen LogP contribution in [0.5, 0.6) is 0 Å². The molecule has 1 aromatic rings. The van der Waals surface area contributed by atoms with Crippen molar-refractivity contribution in [2.75, 3.05) is 26.8 Å². The number of hydrogen-bond acceptors (Lipinski definition) is 5. The third kappa shape index (κ3) is 4.40. The molecule has 1 aliphatic rings. The fraction of sp³-hybridized carbons (Fsp3) is 0.267. The lowest BCUT2D eigenvalue weighted by Gasteiger charge is -2.12. The van der Waals surface area contributed by atoms with Crippen molar-refractivity contribution in [2.24, 2.45) is 0 Å². The molecular formula is C15H15FN2O4S. The highest BCUT2D eigenvalue weighted by atomic mass is 32.2. The molecule has 3 amide bonds. The number of benzene rings is 1. The number of nitrogens with zero attached hydrogens (tertiary/aromatic N) is 1. The van der Waals surface area contributed by atoms with Gasteiger partial charge in [-0.05, 0) is 23.9 Å². The van der Waals surface area contributed by atoms with Gasteiger partial charge >= 0.3 is 0 Å². The van der Waals surface area contributed by atoms with Crippen molar-refractivity contribution in [1.29, 1.82) is 0 Å². The molecule has 122 valence electrons. The first-order chi connectivity index (χ1) is 11.0. The van der Waals surface area contributed by atoms with Gasteiger partial charge in [-0.25, -0.2) is 4.39 Å². The van der Waals surface area contributed by atoms with Gasteiger partial charge in [0.1, 0.15) is 12.4 Å². The molecule has 0 aliphatic carbocycles. The zero-order valence-electron chi connectivity index (χ0n) is 12.4. The van der Waals surface area contributed by atoms with Gasteiger partial charge in [-0.1, -0.05) is 18.2 Å². The maximum atomic E-state index is 13.6. The molecule has 1 N–H and O–H groups in total. The Balaban J connectivity index is 2.00. The highest BCUT2D eigenvalue weighted by Crippen LogP contribution is 2.32. The molecule has 0 unspecified atom stereocenters. The Morgan fingerprint density at radius 1 is 1.39 bits per heavy atom. The van der Waals surface area contributed by atoms with Gasteiger partial charge in [0, 0.05) is 25.8 Å². The molecule has 1 saturated heterocycles. The maximum Gasteiger partial charge on any atom is 0.293 e. The lowest BCUT2D eigenvalue weighted by Crippen LogP contribution is -2.38. The van der Waals surface area contributed by atoms with Crippen LogP contribution in [0, 0.1) is 5.82 Å². The van der Waals surface area contributed by atoms with Crippen molar-refractivity contribution >= 4 is 34.9 Å². The summed E-state index contributed by atoms with van der Waals surface area (Å²) in [6.07, 6.45) is 1.35. The summed E-state index contributed by atoms with van der Waals surface area (Å²) >= 11 is 0.749. The van der Waals surface area contributed by atoms with Crippen LogP contribution < -0.4 is 5.32 Å². The van der Waals surface area contributed by atoms with Gasteiger partial charge in [0.25, 0.3) is 11.1 Å². The van der Waals surface area contributed by atoms with Crippen molar-refractivity contribution < 1.29 is 23.5 Å². The molecule has 1 aliphatic heterocycles. The van der Waals surface area contributed by atoms with E-state index >= 15 is 0 Å². The fourth-order valence-corrected chi connectivity index (χ4v) is 2.77. The third-order valence-electron chi connectivity index (χ3n) is 3.00. The minimum Gasteiger partial charge on any atom is -0.375 e. The van der Waals surface area contributed by atoms with Gasteiger partial charge in [-0.3, -0.25) is 19.3 Å². The van der Waals surface area contributed by atoms with E-state index in [-0.39, 0.29) is 36.1 Å². The van der Waals surface area contributed by atoms with E-state index in [4.69, 9.17) is 0 Å². The lowest BCUT2D eigenvalue weighted by molar-refractivity contribution is -0.126. The van der Waals surface area contributed by atoms with E-state index in [2.05, 4.69) is 10.1 Å². The number of rotatable bonds is 6. The number of nitrogens with one attached hydrogen (secondary N) is 1. The Bertz CT molecular complexity index is 663. The van der Waals surface area contributed by atoms with Crippen LogP contribution in [-0.4, -0.2) is 48.8 Å². The van der Waals surface area contributed by atoms with E-state index in [1.807, 2.05) is 0 Å². The number of ether oxygens (including phenoxy) is 1. The molecule has 0 aromatic heterocycles. The molecular weight excluding hydrogens is 323 g/mol. The quantitative estimate of drug-likeness (QED) is 0.798. The minimum absolute atomic E-state index is 0.0503. The monoisotopic (exact) mass is 338 g/mol. The van der Waals surface area contributed by atoms with Crippen molar-refractivity contribution in [3.05, 3.63) is 40.6 Å². The van der Waals surface area contributed by atoms with Crippen molar-refractivity contribution in [2.45, 2.75) is 0 Å². The lowest BCUT2D eigenvalue weighted by atomic mass is 10.2. The first kappa shape index (κ1) is 17.2. The molecule has 1 fully saturated rings. The second kappa shape index (κ2) is 7.89. The van der Waals surface area contributed by atoms with E-state index in [9.17, 15) is 18.8 Å². The summed E-state index contributed by atoms with van der Waals surface area (Å²) < 4.78 is 18.3. The highest BCUT2D eigenvalue weighted by molar-refractivity contribution is 8.18. The number of methoxy groups -OCH3 is 1. The van der Waals surface area contributed by atoms with Gasteiger partial charge in [-0.15, -0.1) is 0 Å². The Hall–Kier alpha value is -2.19. The van der Waals surface area contributed by atoms with E-state index in [0.717, 1.165) is 16.7 Å². The summed E-state index contributed by atoms with van der Waals surface area (Å²) in [5.74, 6) is -1.29. The summed E-state index contributed by atoms with van der Waals surface area (Å²) in [5.41, 5.74) is 0.242. The van der Waals surface area contributed by atoms with Crippen LogP contribution in [0.15, 0.2) is 29.2 Å². The van der Waals surface area contributed by atoms with Gasteiger partial charge in [0.05, 0.1) is 4.91 Å². The number of carbonyl (C=O) groups excluding carboxylic acids is 3. The van der Waals surface area contributed by atoms with Crippen molar-refractivity contribution in [3.8, 4) is 0 Å². The molecule has 0 radical (unpaired) electrons.